The standard InChI is InChI=1S/C26H23F3N6O2/c1-34-12-16-23(33-34)18(28)9-19(25(16)35-11-13-8-14(35)10-31-13)32-26(36)15-6-7-30-24(22(15)29)21-17(27)4-3-5-20(21)37-2/h3-7,9,12-14,31H,8,10-11H2,1-2H3,(H,32,36)/t13-,14-/m1/s1. The Hall–Kier alpha value is -4.12. The van der Waals surface area contributed by atoms with Crippen molar-refractivity contribution in [1.82, 2.24) is 20.1 Å². The van der Waals surface area contributed by atoms with Gasteiger partial charge in [0.25, 0.3) is 5.91 Å². The second kappa shape index (κ2) is 8.77. The monoisotopic (exact) mass is 508 g/mol. The van der Waals surface area contributed by atoms with Crippen LogP contribution in [-0.4, -0.2) is 53.0 Å². The first kappa shape index (κ1) is 23.3. The summed E-state index contributed by atoms with van der Waals surface area (Å²) in [6.45, 7) is 1.45. The van der Waals surface area contributed by atoms with Gasteiger partial charge in [-0.05, 0) is 24.6 Å². The maximum absolute atomic E-state index is 15.6. The van der Waals surface area contributed by atoms with E-state index in [0.717, 1.165) is 19.0 Å². The van der Waals surface area contributed by atoms with Gasteiger partial charge >= 0.3 is 0 Å². The van der Waals surface area contributed by atoms with Crippen LogP contribution in [0.5, 0.6) is 5.75 Å². The highest BCUT2D eigenvalue weighted by atomic mass is 19.1. The number of benzene rings is 2. The van der Waals surface area contributed by atoms with Gasteiger partial charge in [-0.1, -0.05) is 6.07 Å². The Morgan fingerprint density at radius 1 is 1.22 bits per heavy atom. The van der Waals surface area contributed by atoms with Gasteiger partial charge in [-0.2, -0.15) is 5.10 Å². The number of hydrogen-bond donors (Lipinski definition) is 2. The molecule has 4 heterocycles. The second-order valence-electron chi connectivity index (χ2n) is 9.26. The fourth-order valence-corrected chi connectivity index (χ4v) is 5.37. The first-order chi connectivity index (χ1) is 17.9. The fourth-order valence-electron chi connectivity index (χ4n) is 5.37. The molecule has 0 aliphatic carbocycles. The number of nitrogens with one attached hydrogen (secondary N) is 2. The van der Waals surface area contributed by atoms with Crippen LogP contribution in [0.15, 0.2) is 42.7 Å². The third kappa shape index (κ3) is 3.77. The summed E-state index contributed by atoms with van der Waals surface area (Å²) in [4.78, 5) is 19.5. The molecule has 2 saturated heterocycles. The van der Waals surface area contributed by atoms with Crippen LogP contribution in [0, 0.1) is 17.5 Å². The number of carbonyl (C=O) groups is 1. The number of halogens is 3. The Labute approximate surface area is 210 Å². The lowest BCUT2D eigenvalue weighted by molar-refractivity contribution is 0.102. The lowest BCUT2D eigenvalue weighted by Crippen LogP contribution is -2.44. The number of pyridine rings is 1. The van der Waals surface area contributed by atoms with Gasteiger partial charge in [-0.3, -0.25) is 14.5 Å². The van der Waals surface area contributed by atoms with Crippen molar-refractivity contribution in [2.24, 2.45) is 7.05 Å². The van der Waals surface area contributed by atoms with E-state index in [2.05, 4.69) is 25.6 Å². The van der Waals surface area contributed by atoms with Crippen molar-refractivity contribution in [3.05, 3.63) is 65.7 Å². The molecule has 2 N–H and O–H groups in total. The van der Waals surface area contributed by atoms with Gasteiger partial charge in [0.05, 0.1) is 29.6 Å². The summed E-state index contributed by atoms with van der Waals surface area (Å²) < 4.78 is 52.0. The smallest absolute Gasteiger partial charge is 0.258 e. The number of carbonyl (C=O) groups excluding carboxylic acids is 1. The van der Waals surface area contributed by atoms with Gasteiger partial charge < -0.3 is 20.3 Å². The van der Waals surface area contributed by atoms with E-state index in [-0.39, 0.29) is 39.8 Å². The number of piperazine rings is 1. The van der Waals surface area contributed by atoms with Crippen molar-refractivity contribution >= 4 is 28.2 Å². The number of fused-ring (bicyclic) bond motifs is 3. The molecule has 2 fully saturated rings. The van der Waals surface area contributed by atoms with Crippen LogP contribution in [0.25, 0.3) is 22.2 Å². The molecule has 0 radical (unpaired) electrons. The summed E-state index contributed by atoms with van der Waals surface area (Å²) >= 11 is 0. The van der Waals surface area contributed by atoms with Crippen LogP contribution in [0.4, 0.5) is 24.5 Å². The Morgan fingerprint density at radius 3 is 2.78 bits per heavy atom. The fraction of sp³-hybridized carbons (Fsp3) is 0.269. The summed E-state index contributed by atoms with van der Waals surface area (Å²) in [7, 11) is 3.03. The number of amides is 1. The van der Waals surface area contributed by atoms with Gasteiger partial charge in [0.2, 0.25) is 0 Å². The van der Waals surface area contributed by atoms with Gasteiger partial charge in [0.15, 0.2) is 11.6 Å². The minimum absolute atomic E-state index is 0.0769. The lowest BCUT2D eigenvalue weighted by Gasteiger charge is -2.32. The zero-order chi connectivity index (χ0) is 25.8. The maximum Gasteiger partial charge on any atom is 0.258 e. The molecule has 190 valence electrons. The molecule has 2 aliphatic heterocycles. The number of methoxy groups -OCH3 is 1. The highest BCUT2D eigenvalue weighted by Crippen LogP contribution is 2.41. The van der Waals surface area contributed by atoms with Crippen molar-refractivity contribution in [3.63, 3.8) is 0 Å². The van der Waals surface area contributed by atoms with Gasteiger partial charge in [-0.25, -0.2) is 13.2 Å². The number of aromatic nitrogens is 3. The number of nitrogens with zero attached hydrogens (tertiary/aromatic N) is 4. The van der Waals surface area contributed by atoms with E-state index in [1.807, 2.05) is 0 Å². The summed E-state index contributed by atoms with van der Waals surface area (Å²) in [6.07, 6.45) is 3.86. The molecule has 2 aromatic carbocycles. The van der Waals surface area contributed by atoms with Crippen LogP contribution < -0.4 is 20.3 Å². The molecule has 11 heteroatoms. The minimum atomic E-state index is -1.02. The predicted octanol–water partition coefficient (Wildman–Crippen LogP) is 3.86. The molecule has 4 aromatic rings. The Balaban J connectivity index is 1.43. The zero-order valence-corrected chi connectivity index (χ0v) is 20.1. The highest BCUT2D eigenvalue weighted by Gasteiger charge is 2.40. The Bertz CT molecular complexity index is 1560. The minimum Gasteiger partial charge on any atom is -0.496 e. The Kier molecular flexibility index (Phi) is 5.52. The molecular formula is C26H23F3N6O2. The van der Waals surface area contributed by atoms with Crippen molar-refractivity contribution in [3.8, 4) is 17.0 Å². The van der Waals surface area contributed by atoms with Crippen LogP contribution in [0.3, 0.4) is 0 Å². The summed E-state index contributed by atoms with van der Waals surface area (Å²) in [5, 5.41) is 10.9. The SMILES string of the molecule is COc1cccc(F)c1-c1nccc(C(=O)Nc2cc(F)c3nn(C)cc3c2N2C[C@H]3C[C@@H]2CN3)c1F. The van der Waals surface area contributed by atoms with Crippen molar-refractivity contribution < 1.29 is 22.7 Å². The first-order valence-corrected chi connectivity index (χ1v) is 11.8. The molecular weight excluding hydrogens is 485 g/mol. The molecule has 8 nitrogen and oxygen atoms in total. The highest BCUT2D eigenvalue weighted by molar-refractivity contribution is 6.10. The number of hydrogen-bond acceptors (Lipinski definition) is 6. The molecule has 37 heavy (non-hydrogen) atoms. The quantitative estimate of drug-likeness (QED) is 0.426. The van der Waals surface area contributed by atoms with E-state index in [1.165, 1.54) is 42.3 Å². The molecule has 2 aliphatic rings. The van der Waals surface area contributed by atoms with Crippen molar-refractivity contribution in [2.45, 2.75) is 18.5 Å². The molecule has 2 bridgehead atoms. The van der Waals surface area contributed by atoms with Crippen LogP contribution in [0.2, 0.25) is 0 Å². The summed E-state index contributed by atoms with van der Waals surface area (Å²) in [5.74, 6) is -3.11. The van der Waals surface area contributed by atoms with Crippen LogP contribution in [0.1, 0.15) is 16.8 Å². The molecule has 0 unspecified atom stereocenters. The summed E-state index contributed by atoms with van der Waals surface area (Å²) in [6, 6.07) is 6.93. The van der Waals surface area contributed by atoms with E-state index in [9.17, 15) is 9.18 Å². The van der Waals surface area contributed by atoms with Gasteiger partial charge in [0.1, 0.15) is 22.8 Å². The number of ether oxygens (including phenoxy) is 1. The maximum atomic E-state index is 15.6. The summed E-state index contributed by atoms with van der Waals surface area (Å²) in [5.41, 5.74) is 0.114. The lowest BCUT2D eigenvalue weighted by atomic mass is 10.1. The van der Waals surface area contributed by atoms with E-state index >= 15 is 8.78 Å². The van der Waals surface area contributed by atoms with E-state index in [1.54, 1.807) is 13.2 Å². The number of anilines is 2. The van der Waals surface area contributed by atoms with Crippen molar-refractivity contribution in [2.75, 3.05) is 30.4 Å². The Morgan fingerprint density at radius 2 is 2.05 bits per heavy atom. The van der Waals surface area contributed by atoms with E-state index in [0.29, 0.717) is 23.7 Å². The van der Waals surface area contributed by atoms with Gasteiger partial charge in [0, 0.05) is 56.1 Å². The molecule has 0 saturated carbocycles. The molecule has 6 rings (SSSR count). The molecule has 2 aromatic heterocycles. The van der Waals surface area contributed by atoms with Crippen LogP contribution >= 0.6 is 0 Å². The van der Waals surface area contributed by atoms with E-state index in [4.69, 9.17) is 4.74 Å². The first-order valence-electron chi connectivity index (χ1n) is 11.8. The second-order valence-corrected chi connectivity index (χ2v) is 9.26. The molecule has 0 spiro atoms. The van der Waals surface area contributed by atoms with Gasteiger partial charge in [-0.15, -0.1) is 0 Å². The third-order valence-electron chi connectivity index (χ3n) is 6.99. The largest absolute Gasteiger partial charge is 0.496 e. The van der Waals surface area contributed by atoms with Crippen LogP contribution in [-0.2, 0) is 7.05 Å². The van der Waals surface area contributed by atoms with Crippen molar-refractivity contribution in [1.29, 1.82) is 0 Å². The average Bonchev–Trinajstić information content (AvgIpc) is 3.60. The number of aryl methyl sites for hydroxylation is 1. The average molecular weight is 509 g/mol. The topological polar surface area (TPSA) is 84.3 Å². The van der Waals surface area contributed by atoms with E-state index < -0.39 is 23.4 Å². The predicted molar refractivity (Wildman–Crippen MR) is 132 cm³/mol. The zero-order valence-electron chi connectivity index (χ0n) is 20.1. The number of rotatable bonds is 5. The molecule has 2 atom stereocenters. The molecule has 1 amide bonds. The third-order valence-corrected chi connectivity index (χ3v) is 6.99. The normalized spacial score (nSPS) is 18.6.